The number of ether oxygens (including phenoxy) is 1. The van der Waals surface area contributed by atoms with Crippen LogP contribution in [0.3, 0.4) is 0 Å². The number of carbonyl (C=O) groups excluding carboxylic acids is 1. The van der Waals surface area contributed by atoms with Gasteiger partial charge in [0.25, 0.3) is 5.91 Å². The Morgan fingerprint density at radius 2 is 1.90 bits per heavy atom. The number of aromatic nitrogens is 1. The Morgan fingerprint density at radius 1 is 1.16 bits per heavy atom. The third kappa shape index (κ3) is 4.57. The Hall–Kier alpha value is -3.29. The van der Waals surface area contributed by atoms with E-state index in [1.807, 2.05) is 26.0 Å². The zero-order valence-corrected chi connectivity index (χ0v) is 17.0. The van der Waals surface area contributed by atoms with Gasteiger partial charge in [0, 0.05) is 17.2 Å². The number of rotatable bonds is 4. The number of nitrogens with one attached hydrogen (secondary N) is 1. The lowest BCUT2D eigenvalue weighted by Crippen LogP contribution is -2.39. The molecule has 1 aromatic heterocycles. The molecule has 1 atom stereocenters. The van der Waals surface area contributed by atoms with Gasteiger partial charge < -0.3 is 14.6 Å². The van der Waals surface area contributed by atoms with E-state index in [1.54, 1.807) is 0 Å². The predicted molar refractivity (Wildman–Crippen MR) is 108 cm³/mol. The minimum atomic E-state index is -4.77. The normalized spacial score (nSPS) is 16.0. The molecule has 2 aromatic carbocycles. The molecule has 1 heterocycles. The Labute approximate surface area is 177 Å². The van der Waals surface area contributed by atoms with E-state index in [2.05, 4.69) is 21.3 Å². The quantitative estimate of drug-likeness (QED) is 0.622. The van der Waals surface area contributed by atoms with Crippen LogP contribution in [0.1, 0.15) is 39.4 Å². The van der Waals surface area contributed by atoms with Crippen LogP contribution in [0.2, 0.25) is 0 Å². The van der Waals surface area contributed by atoms with Crippen LogP contribution in [-0.2, 0) is 12.8 Å². The van der Waals surface area contributed by atoms with Crippen molar-refractivity contribution in [3.8, 4) is 16.9 Å². The van der Waals surface area contributed by atoms with E-state index >= 15 is 0 Å². The zero-order chi connectivity index (χ0) is 22.2. The molecule has 0 radical (unpaired) electrons. The summed E-state index contributed by atoms with van der Waals surface area (Å²) >= 11 is 0. The number of alkyl halides is 3. The Bertz CT molecular complexity index is 1080. The summed E-state index contributed by atoms with van der Waals surface area (Å²) < 4.78 is 46.1. The second-order valence-electron chi connectivity index (χ2n) is 7.63. The van der Waals surface area contributed by atoms with Gasteiger partial charge in [0.1, 0.15) is 11.5 Å². The van der Waals surface area contributed by atoms with E-state index in [0.717, 1.165) is 53.1 Å². The highest BCUT2D eigenvalue weighted by molar-refractivity contribution is 5.94. The maximum absolute atomic E-state index is 12.6. The maximum Gasteiger partial charge on any atom is 0.573 e. The standard InChI is InChI=1S/C23H21F3N2O3/c1-13-21(14(2)31-28-13)19-5-3-4-15-6-9-17(12-20(15)19)27-22(29)16-7-10-18(11-8-16)30-23(24,25)26/h3-5,7-8,10-11,17H,6,9,12H2,1-2H3,(H,27,29). The third-order valence-corrected chi connectivity index (χ3v) is 5.47. The van der Waals surface area contributed by atoms with Crippen molar-refractivity contribution in [1.82, 2.24) is 10.5 Å². The summed E-state index contributed by atoms with van der Waals surface area (Å²) in [6, 6.07) is 11.0. The van der Waals surface area contributed by atoms with Gasteiger partial charge in [-0.15, -0.1) is 13.2 Å². The number of nitrogens with zero attached hydrogens (tertiary/aromatic N) is 1. The molecule has 1 aliphatic carbocycles. The number of hydrogen-bond acceptors (Lipinski definition) is 4. The summed E-state index contributed by atoms with van der Waals surface area (Å²) in [5.74, 6) is 0.0554. The number of benzene rings is 2. The highest BCUT2D eigenvalue weighted by Crippen LogP contribution is 2.35. The van der Waals surface area contributed by atoms with Crippen molar-refractivity contribution in [3.05, 3.63) is 70.6 Å². The van der Waals surface area contributed by atoms with Gasteiger partial charge in [-0.3, -0.25) is 4.79 Å². The van der Waals surface area contributed by atoms with Crippen LogP contribution >= 0.6 is 0 Å². The summed E-state index contributed by atoms with van der Waals surface area (Å²) in [6.45, 7) is 3.78. The van der Waals surface area contributed by atoms with Crippen LogP contribution in [0, 0.1) is 13.8 Å². The van der Waals surface area contributed by atoms with Crippen LogP contribution < -0.4 is 10.1 Å². The fraction of sp³-hybridized carbons (Fsp3) is 0.304. The molecule has 8 heteroatoms. The average molecular weight is 430 g/mol. The van der Waals surface area contributed by atoms with Crippen molar-refractivity contribution in [1.29, 1.82) is 0 Å². The molecule has 3 aromatic rings. The highest BCUT2D eigenvalue weighted by Gasteiger charge is 2.31. The molecule has 1 aliphatic rings. The first-order chi connectivity index (χ1) is 14.7. The van der Waals surface area contributed by atoms with Crippen LogP contribution in [0.15, 0.2) is 47.0 Å². The lowest BCUT2D eigenvalue weighted by atomic mass is 9.83. The fourth-order valence-electron chi connectivity index (χ4n) is 4.09. The van der Waals surface area contributed by atoms with Crippen LogP contribution in [0.25, 0.3) is 11.1 Å². The monoisotopic (exact) mass is 430 g/mol. The molecule has 31 heavy (non-hydrogen) atoms. The van der Waals surface area contributed by atoms with E-state index in [1.165, 1.54) is 17.7 Å². The molecule has 0 spiro atoms. The van der Waals surface area contributed by atoms with Crippen LogP contribution in [0.4, 0.5) is 13.2 Å². The van der Waals surface area contributed by atoms with E-state index in [0.29, 0.717) is 6.42 Å². The molecular weight excluding hydrogens is 409 g/mol. The molecule has 1 N–H and O–H groups in total. The number of amides is 1. The molecule has 0 bridgehead atoms. The van der Waals surface area contributed by atoms with E-state index in [4.69, 9.17) is 4.52 Å². The minimum Gasteiger partial charge on any atom is -0.406 e. The van der Waals surface area contributed by atoms with E-state index < -0.39 is 6.36 Å². The molecule has 162 valence electrons. The summed E-state index contributed by atoms with van der Waals surface area (Å²) in [6.07, 6.45) is -2.52. The van der Waals surface area contributed by atoms with Crippen molar-refractivity contribution < 1.29 is 27.2 Å². The summed E-state index contributed by atoms with van der Waals surface area (Å²) in [5, 5.41) is 7.06. The van der Waals surface area contributed by atoms with E-state index in [9.17, 15) is 18.0 Å². The van der Waals surface area contributed by atoms with Crippen molar-refractivity contribution in [2.75, 3.05) is 0 Å². The maximum atomic E-state index is 12.6. The topological polar surface area (TPSA) is 64.4 Å². The average Bonchev–Trinajstić information content (AvgIpc) is 3.05. The van der Waals surface area contributed by atoms with Gasteiger partial charge in [-0.1, -0.05) is 23.4 Å². The fourth-order valence-corrected chi connectivity index (χ4v) is 4.09. The van der Waals surface area contributed by atoms with Gasteiger partial charge in [0.05, 0.1) is 5.69 Å². The SMILES string of the molecule is Cc1noc(C)c1-c1cccc2c1CC(NC(=O)c1ccc(OC(F)(F)F)cc1)CC2. The molecule has 5 nitrogen and oxygen atoms in total. The van der Waals surface area contributed by atoms with Gasteiger partial charge in [0.15, 0.2) is 0 Å². The molecule has 4 rings (SSSR count). The first kappa shape index (κ1) is 21.0. The second-order valence-corrected chi connectivity index (χ2v) is 7.63. The number of carbonyl (C=O) groups is 1. The molecule has 0 fully saturated rings. The molecule has 1 amide bonds. The summed E-state index contributed by atoms with van der Waals surface area (Å²) in [7, 11) is 0. The lowest BCUT2D eigenvalue weighted by Gasteiger charge is -2.27. The first-order valence-corrected chi connectivity index (χ1v) is 9.92. The highest BCUT2D eigenvalue weighted by atomic mass is 19.4. The Morgan fingerprint density at radius 3 is 2.55 bits per heavy atom. The molecule has 1 unspecified atom stereocenters. The number of hydrogen-bond donors (Lipinski definition) is 1. The van der Waals surface area contributed by atoms with Gasteiger partial charge >= 0.3 is 6.36 Å². The lowest BCUT2D eigenvalue weighted by molar-refractivity contribution is -0.274. The molecule has 0 saturated carbocycles. The largest absolute Gasteiger partial charge is 0.573 e. The van der Waals surface area contributed by atoms with Gasteiger partial charge in [-0.05, 0) is 74.1 Å². The van der Waals surface area contributed by atoms with E-state index in [-0.39, 0.29) is 23.3 Å². The first-order valence-electron chi connectivity index (χ1n) is 9.92. The smallest absolute Gasteiger partial charge is 0.406 e. The second kappa shape index (κ2) is 8.09. The van der Waals surface area contributed by atoms with Gasteiger partial charge in [0.2, 0.25) is 0 Å². The van der Waals surface area contributed by atoms with Crippen molar-refractivity contribution in [2.24, 2.45) is 0 Å². The zero-order valence-electron chi connectivity index (χ0n) is 17.0. The minimum absolute atomic E-state index is 0.0901. The molecule has 0 saturated heterocycles. The van der Waals surface area contributed by atoms with Crippen molar-refractivity contribution >= 4 is 5.91 Å². The van der Waals surface area contributed by atoms with Crippen molar-refractivity contribution in [2.45, 2.75) is 45.5 Å². The van der Waals surface area contributed by atoms with Crippen LogP contribution in [0.5, 0.6) is 5.75 Å². The Kier molecular flexibility index (Phi) is 5.47. The Balaban J connectivity index is 1.50. The number of fused-ring (bicyclic) bond motifs is 1. The third-order valence-electron chi connectivity index (χ3n) is 5.47. The number of aryl methyl sites for hydroxylation is 3. The summed E-state index contributed by atoms with van der Waals surface area (Å²) in [5.41, 5.74) is 5.52. The predicted octanol–water partition coefficient (Wildman–Crippen LogP) is 5.14. The van der Waals surface area contributed by atoms with Crippen LogP contribution in [-0.4, -0.2) is 23.5 Å². The molecule has 0 aliphatic heterocycles. The molecular formula is C23H21F3N2O3. The van der Waals surface area contributed by atoms with Gasteiger partial charge in [-0.2, -0.15) is 0 Å². The number of halogens is 3. The van der Waals surface area contributed by atoms with Crippen molar-refractivity contribution in [3.63, 3.8) is 0 Å². The van der Waals surface area contributed by atoms with Gasteiger partial charge in [-0.25, -0.2) is 0 Å². The summed E-state index contributed by atoms with van der Waals surface area (Å²) in [4.78, 5) is 12.6.